The largest absolute Gasteiger partial charge is 0.273 e. The summed E-state index contributed by atoms with van der Waals surface area (Å²) in [5.74, 6) is -1.01. The summed E-state index contributed by atoms with van der Waals surface area (Å²) in [5, 5.41) is 4.51. The number of hydrogen-bond acceptors (Lipinski definition) is 4. The molecule has 0 bridgehead atoms. The summed E-state index contributed by atoms with van der Waals surface area (Å²) in [6.07, 6.45) is 1.71. The number of hydrazone groups is 1. The number of carbonyl (C=O) groups is 1. The van der Waals surface area contributed by atoms with Crippen molar-refractivity contribution < 1.29 is 13.2 Å². The van der Waals surface area contributed by atoms with E-state index in [9.17, 15) is 13.2 Å². The lowest BCUT2D eigenvalue weighted by molar-refractivity contribution is -0.124. The van der Waals surface area contributed by atoms with Gasteiger partial charge in [0.1, 0.15) is 0 Å². The molecule has 1 saturated heterocycles. The maximum Gasteiger partial charge on any atom is 0.244 e. The maximum absolute atomic E-state index is 11.7. The molecular weight excluding hydrogens is 323 g/mol. The fourth-order valence-electron chi connectivity index (χ4n) is 1.88. The summed E-state index contributed by atoms with van der Waals surface area (Å²) in [4.78, 5) is 11.7. The van der Waals surface area contributed by atoms with Crippen LogP contribution in [0.2, 0.25) is 10.0 Å². The van der Waals surface area contributed by atoms with Crippen LogP contribution in [0.25, 0.3) is 0 Å². The first-order valence-corrected chi connectivity index (χ1v) is 8.44. The van der Waals surface area contributed by atoms with Gasteiger partial charge in [0.2, 0.25) is 5.91 Å². The topological polar surface area (TPSA) is 75.6 Å². The molecule has 0 spiro atoms. The first-order chi connectivity index (χ1) is 9.39. The molecule has 1 aliphatic rings. The Morgan fingerprint density at radius 2 is 2.15 bits per heavy atom. The van der Waals surface area contributed by atoms with Crippen LogP contribution in [0.1, 0.15) is 12.0 Å². The van der Waals surface area contributed by atoms with Crippen molar-refractivity contribution in [2.24, 2.45) is 11.0 Å². The first-order valence-electron chi connectivity index (χ1n) is 5.86. The monoisotopic (exact) mass is 334 g/mol. The lowest BCUT2D eigenvalue weighted by atomic mass is 10.1. The van der Waals surface area contributed by atoms with Crippen molar-refractivity contribution in [1.82, 2.24) is 5.43 Å². The molecule has 108 valence electrons. The Bertz CT molecular complexity index is 659. The third-order valence-electron chi connectivity index (χ3n) is 2.96. The van der Waals surface area contributed by atoms with Crippen molar-refractivity contribution >= 4 is 45.2 Å². The second-order valence-corrected chi connectivity index (χ2v) is 7.49. The first kappa shape index (κ1) is 15.3. The number of benzene rings is 1. The van der Waals surface area contributed by atoms with E-state index >= 15 is 0 Å². The highest BCUT2D eigenvalue weighted by atomic mass is 35.5. The lowest BCUT2D eigenvalue weighted by Gasteiger charge is -2.05. The number of carbonyl (C=O) groups excluding carboxylic acids is 1. The average molecular weight is 335 g/mol. The Labute approximate surface area is 126 Å². The normalized spacial score (nSPS) is 21.2. The zero-order valence-corrected chi connectivity index (χ0v) is 12.7. The Morgan fingerprint density at radius 3 is 2.80 bits per heavy atom. The molecule has 1 N–H and O–H groups in total. The number of rotatable bonds is 3. The average Bonchev–Trinajstić information content (AvgIpc) is 2.75. The highest BCUT2D eigenvalue weighted by molar-refractivity contribution is 7.91. The third kappa shape index (κ3) is 3.71. The second kappa shape index (κ2) is 6.11. The van der Waals surface area contributed by atoms with Crippen LogP contribution >= 0.6 is 23.2 Å². The fraction of sp³-hybridized carbons (Fsp3) is 0.333. The Balaban J connectivity index is 1.97. The molecule has 0 saturated carbocycles. The Kier molecular flexibility index (Phi) is 4.67. The van der Waals surface area contributed by atoms with E-state index in [1.165, 1.54) is 6.21 Å². The van der Waals surface area contributed by atoms with Gasteiger partial charge in [-0.15, -0.1) is 0 Å². The van der Waals surface area contributed by atoms with Gasteiger partial charge in [-0.05, 0) is 12.5 Å². The predicted octanol–water partition coefficient (Wildman–Crippen LogP) is 1.88. The van der Waals surface area contributed by atoms with Gasteiger partial charge in [-0.3, -0.25) is 4.79 Å². The molecule has 8 heteroatoms. The summed E-state index contributed by atoms with van der Waals surface area (Å²) < 4.78 is 22.5. The number of hydrogen-bond donors (Lipinski definition) is 1. The van der Waals surface area contributed by atoms with E-state index < -0.39 is 21.7 Å². The number of nitrogens with one attached hydrogen (secondary N) is 1. The molecule has 1 aliphatic heterocycles. The van der Waals surface area contributed by atoms with Gasteiger partial charge in [0.25, 0.3) is 0 Å². The van der Waals surface area contributed by atoms with Gasteiger partial charge in [0, 0.05) is 5.56 Å². The zero-order chi connectivity index (χ0) is 14.8. The molecule has 1 aromatic rings. The van der Waals surface area contributed by atoms with Crippen LogP contribution in [0.15, 0.2) is 23.3 Å². The molecule has 5 nitrogen and oxygen atoms in total. The van der Waals surface area contributed by atoms with Crippen molar-refractivity contribution in [3.05, 3.63) is 33.8 Å². The van der Waals surface area contributed by atoms with Crippen LogP contribution in [0.3, 0.4) is 0 Å². The van der Waals surface area contributed by atoms with Crippen LogP contribution < -0.4 is 5.43 Å². The van der Waals surface area contributed by atoms with Crippen molar-refractivity contribution in [3.8, 4) is 0 Å². The Hall–Kier alpha value is -1.11. The van der Waals surface area contributed by atoms with Gasteiger partial charge in [-0.2, -0.15) is 5.10 Å². The molecule has 1 atom stereocenters. The van der Waals surface area contributed by atoms with Gasteiger partial charge >= 0.3 is 0 Å². The van der Waals surface area contributed by atoms with Gasteiger partial charge in [0.05, 0.1) is 33.7 Å². The molecule has 1 fully saturated rings. The number of sulfone groups is 1. The standard InChI is InChI=1S/C12H12Cl2N2O3S/c13-10-3-1-2-8(11(10)14)6-15-16-12(17)9-4-5-20(18,19)7-9/h1-3,6,9H,4-5,7H2,(H,16,17)/b15-6-/t9-/m1/s1. The van der Waals surface area contributed by atoms with Crippen LogP contribution in [0.5, 0.6) is 0 Å². The molecule has 0 unspecified atom stereocenters. The molecule has 1 heterocycles. The molecule has 1 aromatic carbocycles. The second-order valence-electron chi connectivity index (χ2n) is 4.48. The van der Waals surface area contributed by atoms with E-state index in [4.69, 9.17) is 23.2 Å². The van der Waals surface area contributed by atoms with E-state index in [-0.39, 0.29) is 11.5 Å². The third-order valence-corrected chi connectivity index (χ3v) is 5.56. The SMILES string of the molecule is O=C(N/N=C\c1cccc(Cl)c1Cl)[C@@H]1CCS(=O)(=O)C1. The minimum Gasteiger partial charge on any atom is -0.273 e. The van der Waals surface area contributed by atoms with Crippen LogP contribution in [-0.4, -0.2) is 32.0 Å². The summed E-state index contributed by atoms with van der Waals surface area (Å²) in [6.45, 7) is 0. The summed E-state index contributed by atoms with van der Waals surface area (Å²) in [6, 6.07) is 5.05. The fourth-order valence-corrected chi connectivity index (χ4v) is 3.98. The molecule has 0 radical (unpaired) electrons. The summed E-state index contributed by atoms with van der Waals surface area (Å²) >= 11 is 11.8. The smallest absolute Gasteiger partial charge is 0.244 e. The minimum atomic E-state index is -3.08. The predicted molar refractivity (Wildman–Crippen MR) is 79.0 cm³/mol. The van der Waals surface area contributed by atoms with Crippen LogP contribution in [0, 0.1) is 5.92 Å². The van der Waals surface area contributed by atoms with Crippen molar-refractivity contribution in [1.29, 1.82) is 0 Å². The van der Waals surface area contributed by atoms with E-state index in [1.807, 2.05) is 0 Å². The van der Waals surface area contributed by atoms with Gasteiger partial charge in [0.15, 0.2) is 9.84 Å². The highest BCUT2D eigenvalue weighted by Gasteiger charge is 2.32. The number of nitrogens with zero attached hydrogens (tertiary/aromatic N) is 1. The molecule has 20 heavy (non-hydrogen) atoms. The Morgan fingerprint density at radius 1 is 1.40 bits per heavy atom. The highest BCUT2D eigenvalue weighted by Crippen LogP contribution is 2.24. The molecule has 0 aliphatic carbocycles. The van der Waals surface area contributed by atoms with Crippen molar-refractivity contribution in [2.75, 3.05) is 11.5 Å². The molecule has 2 rings (SSSR count). The molecule has 1 amide bonds. The maximum atomic E-state index is 11.7. The quantitative estimate of drug-likeness (QED) is 0.677. The molecule has 0 aromatic heterocycles. The zero-order valence-electron chi connectivity index (χ0n) is 10.3. The van der Waals surface area contributed by atoms with Crippen molar-refractivity contribution in [2.45, 2.75) is 6.42 Å². The van der Waals surface area contributed by atoms with Gasteiger partial charge in [-0.1, -0.05) is 35.3 Å². The summed E-state index contributed by atoms with van der Waals surface area (Å²) in [7, 11) is -3.08. The van der Waals surface area contributed by atoms with E-state index in [2.05, 4.69) is 10.5 Å². The van der Waals surface area contributed by atoms with E-state index in [0.29, 0.717) is 22.0 Å². The van der Waals surface area contributed by atoms with Gasteiger partial charge < -0.3 is 0 Å². The van der Waals surface area contributed by atoms with Crippen LogP contribution in [-0.2, 0) is 14.6 Å². The van der Waals surface area contributed by atoms with E-state index in [1.54, 1.807) is 18.2 Å². The van der Waals surface area contributed by atoms with Gasteiger partial charge in [-0.25, -0.2) is 13.8 Å². The van der Waals surface area contributed by atoms with Crippen LogP contribution in [0.4, 0.5) is 0 Å². The lowest BCUT2D eigenvalue weighted by Crippen LogP contribution is -2.27. The number of amides is 1. The molecular formula is C12H12Cl2N2O3S. The summed E-state index contributed by atoms with van der Waals surface area (Å²) in [5.41, 5.74) is 2.89. The van der Waals surface area contributed by atoms with E-state index in [0.717, 1.165) is 0 Å². The van der Waals surface area contributed by atoms with Crippen molar-refractivity contribution in [3.63, 3.8) is 0 Å². The number of halogens is 2. The minimum absolute atomic E-state index is 0.0505.